The summed E-state index contributed by atoms with van der Waals surface area (Å²) in [5, 5.41) is 0. The van der Waals surface area contributed by atoms with Crippen molar-refractivity contribution in [3.63, 3.8) is 0 Å². The molecule has 0 aliphatic heterocycles. The Balaban J connectivity index is 2.09. The summed E-state index contributed by atoms with van der Waals surface area (Å²) in [5.74, 6) is 0.822. The van der Waals surface area contributed by atoms with Gasteiger partial charge in [0.15, 0.2) is 0 Å². The summed E-state index contributed by atoms with van der Waals surface area (Å²) >= 11 is 0. The molecule has 6 heavy (non-hydrogen) atoms. The highest BCUT2D eigenvalue weighted by molar-refractivity contribution is 7.09. The maximum atomic E-state index is 4.89. The molecule has 1 fully saturated rings. The minimum absolute atomic E-state index is 0.565. The monoisotopic (exact) mass is 104 g/mol. The minimum atomic E-state index is 0.565. The van der Waals surface area contributed by atoms with Crippen molar-refractivity contribution in [2.45, 2.75) is 19.4 Å². The lowest BCUT2D eigenvalue weighted by Gasteiger charge is -1.84. The zero-order valence-corrected chi connectivity index (χ0v) is 5.00. The summed E-state index contributed by atoms with van der Waals surface area (Å²) in [6.07, 6.45) is 1.82. The fourth-order valence-corrected chi connectivity index (χ4v) is 0.857. The Hall–Kier alpha value is 0.390. The zero-order chi connectivity index (χ0) is 4.57. The fraction of sp³-hybridized carbons (Fsp3) is 1.00. The Bertz CT molecular complexity index is 53.5. The molecular weight excluding hydrogens is 95.0 g/mol. The normalized spacial score (nSPS) is 43.0. The maximum Gasteiger partial charge on any atom is 0.0640 e. The summed E-state index contributed by atoms with van der Waals surface area (Å²) in [4.78, 5) is 0. The van der Waals surface area contributed by atoms with Gasteiger partial charge in [0.2, 0.25) is 0 Å². The third kappa shape index (κ3) is 0.717. The minimum Gasteiger partial charge on any atom is -0.362 e. The van der Waals surface area contributed by atoms with E-state index in [1.165, 1.54) is 6.42 Å². The SMILES string of the molecule is C[C@@H]1C[C@H]1OP. The molecule has 1 aliphatic rings. The topological polar surface area (TPSA) is 9.23 Å². The van der Waals surface area contributed by atoms with Crippen LogP contribution in [0, 0.1) is 5.92 Å². The van der Waals surface area contributed by atoms with E-state index in [0.29, 0.717) is 6.10 Å². The van der Waals surface area contributed by atoms with Gasteiger partial charge in [0.1, 0.15) is 0 Å². The number of hydrogen-bond donors (Lipinski definition) is 0. The molecule has 0 heterocycles. The first-order valence-electron chi connectivity index (χ1n) is 2.20. The Labute approximate surface area is 40.4 Å². The van der Waals surface area contributed by atoms with Crippen LogP contribution >= 0.6 is 9.47 Å². The molecule has 0 aromatic carbocycles. The van der Waals surface area contributed by atoms with Crippen LogP contribution in [0.15, 0.2) is 0 Å². The molecule has 0 aromatic heterocycles. The van der Waals surface area contributed by atoms with Gasteiger partial charge in [-0.25, -0.2) is 0 Å². The van der Waals surface area contributed by atoms with E-state index in [1.54, 1.807) is 0 Å². The van der Waals surface area contributed by atoms with E-state index in [-0.39, 0.29) is 0 Å². The molecule has 0 amide bonds. The lowest BCUT2D eigenvalue weighted by Crippen LogP contribution is -1.78. The smallest absolute Gasteiger partial charge is 0.0640 e. The molecular formula is C4H9OP. The quantitative estimate of drug-likeness (QED) is 0.454. The van der Waals surface area contributed by atoms with E-state index < -0.39 is 0 Å². The predicted molar refractivity (Wildman–Crippen MR) is 28.4 cm³/mol. The van der Waals surface area contributed by atoms with Gasteiger partial charge in [0.25, 0.3) is 0 Å². The predicted octanol–water partition coefficient (Wildman–Crippen LogP) is 1.20. The molecule has 0 radical (unpaired) electrons. The van der Waals surface area contributed by atoms with E-state index in [0.717, 1.165) is 5.92 Å². The second kappa shape index (κ2) is 1.48. The number of rotatable bonds is 1. The van der Waals surface area contributed by atoms with Crippen LogP contribution in [0.25, 0.3) is 0 Å². The Morgan fingerprint density at radius 2 is 2.33 bits per heavy atom. The molecule has 0 aromatic rings. The van der Waals surface area contributed by atoms with Crippen LogP contribution in [-0.2, 0) is 4.52 Å². The van der Waals surface area contributed by atoms with Crippen molar-refractivity contribution in [1.29, 1.82) is 0 Å². The summed E-state index contributed by atoms with van der Waals surface area (Å²) in [5.41, 5.74) is 0. The van der Waals surface area contributed by atoms with Crippen molar-refractivity contribution in [2.75, 3.05) is 0 Å². The lowest BCUT2D eigenvalue weighted by atomic mass is 10.5. The third-order valence-electron chi connectivity index (χ3n) is 1.21. The van der Waals surface area contributed by atoms with Crippen LogP contribution in [0.3, 0.4) is 0 Å². The fourth-order valence-electron chi connectivity index (χ4n) is 0.478. The molecule has 36 valence electrons. The van der Waals surface area contributed by atoms with E-state index in [9.17, 15) is 0 Å². The Morgan fingerprint density at radius 1 is 1.83 bits per heavy atom. The second-order valence-corrected chi connectivity index (χ2v) is 2.16. The average molecular weight is 104 g/mol. The van der Waals surface area contributed by atoms with E-state index >= 15 is 0 Å². The first-order chi connectivity index (χ1) is 2.84. The number of hydrogen-bond acceptors (Lipinski definition) is 1. The molecule has 3 atom stereocenters. The van der Waals surface area contributed by atoms with Gasteiger partial charge in [0.05, 0.1) is 6.10 Å². The van der Waals surface area contributed by atoms with Crippen molar-refractivity contribution in [2.24, 2.45) is 5.92 Å². The molecule has 1 saturated carbocycles. The highest BCUT2D eigenvalue weighted by atomic mass is 31.0. The highest BCUT2D eigenvalue weighted by Crippen LogP contribution is 2.33. The molecule has 1 aliphatic carbocycles. The van der Waals surface area contributed by atoms with Crippen LogP contribution in [0.1, 0.15) is 13.3 Å². The van der Waals surface area contributed by atoms with E-state index in [1.807, 2.05) is 0 Å². The standard InChI is InChI=1S/C4H9OP/c1-3-2-4(3)5-6/h3-4H,2,6H2,1H3/t3-,4-/m1/s1. The van der Waals surface area contributed by atoms with Crippen LogP contribution in [0.5, 0.6) is 0 Å². The van der Waals surface area contributed by atoms with Gasteiger partial charge in [-0.05, 0) is 12.3 Å². The van der Waals surface area contributed by atoms with Gasteiger partial charge in [0, 0.05) is 9.47 Å². The largest absolute Gasteiger partial charge is 0.362 e. The molecule has 1 nitrogen and oxygen atoms in total. The summed E-state index contributed by atoms with van der Waals surface area (Å²) in [7, 11) is 2.28. The lowest BCUT2D eigenvalue weighted by molar-refractivity contribution is 0.339. The van der Waals surface area contributed by atoms with Gasteiger partial charge < -0.3 is 4.52 Å². The molecule has 2 heteroatoms. The molecule has 0 saturated heterocycles. The van der Waals surface area contributed by atoms with Crippen molar-refractivity contribution >= 4 is 9.47 Å². The first kappa shape index (κ1) is 4.55. The molecule has 0 bridgehead atoms. The van der Waals surface area contributed by atoms with Crippen LogP contribution < -0.4 is 0 Å². The van der Waals surface area contributed by atoms with Crippen LogP contribution in [-0.4, -0.2) is 6.10 Å². The highest BCUT2D eigenvalue weighted by Gasteiger charge is 2.32. The first-order valence-corrected chi connectivity index (χ1v) is 2.67. The van der Waals surface area contributed by atoms with Crippen molar-refractivity contribution in [1.82, 2.24) is 0 Å². The van der Waals surface area contributed by atoms with Crippen LogP contribution in [0.2, 0.25) is 0 Å². The summed E-state index contributed by atoms with van der Waals surface area (Å²) in [6, 6.07) is 0. The van der Waals surface area contributed by atoms with Gasteiger partial charge in [-0.2, -0.15) is 0 Å². The van der Waals surface area contributed by atoms with Crippen molar-refractivity contribution in [3.05, 3.63) is 0 Å². The third-order valence-corrected chi connectivity index (χ3v) is 1.56. The van der Waals surface area contributed by atoms with Crippen molar-refractivity contribution in [3.8, 4) is 0 Å². The molecule has 1 rings (SSSR count). The van der Waals surface area contributed by atoms with Crippen LogP contribution in [0.4, 0.5) is 0 Å². The Morgan fingerprint density at radius 3 is 2.33 bits per heavy atom. The zero-order valence-electron chi connectivity index (χ0n) is 3.85. The van der Waals surface area contributed by atoms with Gasteiger partial charge in [-0.15, -0.1) is 0 Å². The summed E-state index contributed by atoms with van der Waals surface area (Å²) < 4.78 is 4.89. The Kier molecular flexibility index (Phi) is 1.12. The average Bonchev–Trinajstić information content (AvgIpc) is 2.19. The van der Waals surface area contributed by atoms with Gasteiger partial charge in [-0.1, -0.05) is 6.92 Å². The van der Waals surface area contributed by atoms with E-state index in [2.05, 4.69) is 16.4 Å². The summed E-state index contributed by atoms with van der Waals surface area (Å²) in [6.45, 7) is 2.19. The molecule has 0 spiro atoms. The van der Waals surface area contributed by atoms with E-state index in [4.69, 9.17) is 4.52 Å². The van der Waals surface area contributed by atoms with Gasteiger partial charge in [-0.3, -0.25) is 0 Å². The molecule has 0 N–H and O–H groups in total. The van der Waals surface area contributed by atoms with Gasteiger partial charge >= 0.3 is 0 Å². The molecule has 1 unspecified atom stereocenters. The van der Waals surface area contributed by atoms with Crippen molar-refractivity contribution < 1.29 is 4.52 Å². The second-order valence-electron chi connectivity index (χ2n) is 1.89. The maximum absolute atomic E-state index is 4.89.